The van der Waals surface area contributed by atoms with Crippen molar-refractivity contribution < 1.29 is 25.2 Å². The Labute approximate surface area is 230 Å². The van der Waals surface area contributed by atoms with Crippen LogP contribution in [0.3, 0.4) is 0 Å². The molecule has 0 bridgehead atoms. The predicted octanol–water partition coefficient (Wildman–Crippen LogP) is 4.53. The molecule has 1 atom stereocenters. The van der Waals surface area contributed by atoms with Crippen LogP contribution in [0.25, 0.3) is 11.4 Å². The Hall–Kier alpha value is -3.80. The van der Waals surface area contributed by atoms with E-state index in [1.165, 1.54) is 36.5 Å². The number of nitrogens with two attached hydrogens (primary N) is 1. The van der Waals surface area contributed by atoms with Crippen molar-refractivity contribution in [1.82, 2.24) is 19.7 Å². The van der Waals surface area contributed by atoms with Gasteiger partial charge in [-0.2, -0.15) is 8.42 Å². The fraction of sp³-hybridized carbons (Fsp3) is 0.407. The number of carbonyl (C=O) groups is 1. The van der Waals surface area contributed by atoms with Crippen LogP contribution >= 0.6 is 0 Å². The van der Waals surface area contributed by atoms with Gasteiger partial charge in [-0.25, -0.2) is 24.1 Å². The lowest BCUT2D eigenvalue weighted by atomic mass is 9.97. The molecule has 1 aliphatic heterocycles. The number of carbonyl (C=O) groups excluding carboxylic acids is 1. The minimum atomic E-state index is -4.33. The lowest BCUT2D eigenvalue weighted by Gasteiger charge is -2.33. The molecular weight excluding hydrogens is 523 g/mol. The van der Waals surface area contributed by atoms with Crippen LogP contribution in [0.4, 0.5) is 16.0 Å². The Kier molecular flexibility index (Phi) is 7.78. The molecule has 3 N–H and O–H groups in total. The molecule has 3 aromatic rings. The number of sulfonamides is 1. The van der Waals surface area contributed by atoms with Gasteiger partial charge in [-0.05, 0) is 56.4 Å². The number of rotatable bonds is 8. The number of halogens is 1. The average Bonchev–Trinajstić information content (AvgIpc) is 3.13. The van der Waals surface area contributed by atoms with Crippen LogP contribution in [0.5, 0.6) is 5.75 Å². The first kappa shape index (κ1) is 28.2. The van der Waals surface area contributed by atoms with Crippen molar-refractivity contribution in [2.75, 3.05) is 23.8 Å². The fourth-order valence-electron chi connectivity index (χ4n) is 4.69. The van der Waals surface area contributed by atoms with Gasteiger partial charge in [0.25, 0.3) is 15.9 Å². The van der Waals surface area contributed by atoms with E-state index in [1.54, 1.807) is 6.07 Å². The third-order valence-corrected chi connectivity index (χ3v) is 7.53. The van der Waals surface area contributed by atoms with Gasteiger partial charge in [-0.15, -0.1) is 0 Å². The summed E-state index contributed by atoms with van der Waals surface area (Å²) in [5.74, 6) is -0.150. The van der Waals surface area contributed by atoms with Crippen LogP contribution in [-0.2, 0) is 10.0 Å². The zero-order valence-corrected chi connectivity index (χ0v) is 23.4. The van der Waals surface area contributed by atoms with Crippen LogP contribution in [0.15, 0.2) is 47.6 Å². The van der Waals surface area contributed by atoms with E-state index < -0.39 is 26.8 Å². The van der Waals surface area contributed by atoms with Gasteiger partial charge in [0.2, 0.25) is 0 Å². The SMILES string of the molecule is CC(C)COc1cc(F)cc(-c2ncc(C(=O)NS(=O)(=O)c3cccc(N)n3)c(N3C[C@@H](C)CC3(C)C)n2)c1.[HH].[HH]. The number of pyridine rings is 1. The molecule has 0 radical (unpaired) electrons. The second kappa shape index (κ2) is 10.8. The number of hydrogen-bond acceptors (Lipinski definition) is 9. The van der Waals surface area contributed by atoms with E-state index in [0.29, 0.717) is 30.4 Å². The molecule has 12 heteroatoms. The van der Waals surface area contributed by atoms with Gasteiger partial charge in [0.05, 0.1) is 6.61 Å². The number of nitrogens with one attached hydrogen (secondary N) is 1. The van der Waals surface area contributed by atoms with Crippen LogP contribution < -0.4 is 20.1 Å². The number of hydrogen-bond donors (Lipinski definition) is 2. The summed E-state index contributed by atoms with van der Waals surface area (Å²) >= 11 is 0. The normalized spacial score (nSPS) is 16.9. The monoisotopic (exact) mass is 560 g/mol. The Balaban J connectivity index is 0.00000294. The van der Waals surface area contributed by atoms with Crippen molar-refractivity contribution in [2.24, 2.45) is 11.8 Å². The molecular formula is C27H37FN6O4S. The predicted molar refractivity (Wildman–Crippen MR) is 150 cm³/mol. The molecule has 39 heavy (non-hydrogen) atoms. The van der Waals surface area contributed by atoms with E-state index in [4.69, 9.17) is 10.5 Å². The Morgan fingerprint density at radius 3 is 2.67 bits per heavy atom. The first-order valence-electron chi connectivity index (χ1n) is 12.6. The number of aromatic nitrogens is 3. The van der Waals surface area contributed by atoms with Gasteiger partial charge in [0, 0.05) is 32.8 Å². The summed E-state index contributed by atoms with van der Waals surface area (Å²) in [7, 11) is -4.33. The molecule has 4 rings (SSSR count). The molecule has 1 fully saturated rings. The van der Waals surface area contributed by atoms with E-state index in [9.17, 15) is 17.6 Å². The molecule has 0 saturated carbocycles. The largest absolute Gasteiger partial charge is 0.493 e. The quantitative estimate of drug-likeness (QED) is 0.406. The van der Waals surface area contributed by atoms with Gasteiger partial charge in [-0.1, -0.05) is 26.8 Å². The summed E-state index contributed by atoms with van der Waals surface area (Å²) in [6.07, 6.45) is 2.08. The van der Waals surface area contributed by atoms with Gasteiger partial charge < -0.3 is 15.4 Å². The van der Waals surface area contributed by atoms with Crippen LogP contribution in [0, 0.1) is 17.7 Å². The molecule has 2 aromatic heterocycles. The second-order valence-electron chi connectivity index (χ2n) is 10.9. The summed E-state index contributed by atoms with van der Waals surface area (Å²) in [6, 6.07) is 8.31. The second-order valence-corrected chi connectivity index (χ2v) is 12.5. The smallest absolute Gasteiger partial charge is 0.281 e. The Morgan fingerprint density at radius 2 is 2.03 bits per heavy atom. The minimum absolute atomic E-state index is 0. The van der Waals surface area contributed by atoms with Gasteiger partial charge >= 0.3 is 0 Å². The highest BCUT2D eigenvalue weighted by Crippen LogP contribution is 2.38. The van der Waals surface area contributed by atoms with Crippen molar-refractivity contribution in [2.45, 2.75) is 51.6 Å². The maximum absolute atomic E-state index is 14.5. The van der Waals surface area contributed by atoms with Crippen LogP contribution in [-0.4, -0.2) is 48.0 Å². The van der Waals surface area contributed by atoms with Crippen LogP contribution in [0.1, 0.15) is 54.3 Å². The lowest BCUT2D eigenvalue weighted by molar-refractivity contribution is 0.0981. The molecule has 1 saturated heterocycles. The van der Waals surface area contributed by atoms with E-state index >= 15 is 0 Å². The van der Waals surface area contributed by atoms with Gasteiger partial charge in [0.1, 0.15) is 28.8 Å². The summed E-state index contributed by atoms with van der Waals surface area (Å²) in [4.78, 5) is 28.1. The molecule has 0 aliphatic carbocycles. The Morgan fingerprint density at radius 1 is 1.28 bits per heavy atom. The number of nitrogen functional groups attached to an aromatic ring is 1. The highest BCUT2D eigenvalue weighted by molar-refractivity contribution is 7.90. The minimum Gasteiger partial charge on any atom is -0.493 e. The molecule has 1 aromatic carbocycles. The van der Waals surface area contributed by atoms with Crippen molar-refractivity contribution >= 4 is 27.6 Å². The lowest BCUT2D eigenvalue weighted by Crippen LogP contribution is -2.41. The average molecular weight is 561 g/mol. The maximum atomic E-state index is 14.5. The molecule has 10 nitrogen and oxygen atoms in total. The third kappa shape index (κ3) is 6.44. The first-order valence-corrected chi connectivity index (χ1v) is 14.1. The zero-order chi connectivity index (χ0) is 28.5. The van der Waals surface area contributed by atoms with E-state index in [2.05, 4.69) is 26.6 Å². The number of benzene rings is 1. The number of nitrogens with zero attached hydrogens (tertiary/aromatic N) is 4. The Bertz CT molecular complexity index is 1510. The highest BCUT2D eigenvalue weighted by Gasteiger charge is 2.39. The summed E-state index contributed by atoms with van der Waals surface area (Å²) < 4.78 is 48.0. The van der Waals surface area contributed by atoms with Crippen molar-refractivity contribution in [3.05, 3.63) is 54.0 Å². The molecule has 212 valence electrons. The topological polar surface area (TPSA) is 140 Å². The summed E-state index contributed by atoms with van der Waals surface area (Å²) in [5, 5.41) is -0.390. The molecule has 1 aliphatic rings. The number of anilines is 2. The van der Waals surface area contributed by atoms with E-state index in [-0.39, 0.29) is 37.3 Å². The molecule has 0 spiro atoms. The first-order chi connectivity index (χ1) is 18.2. The fourth-order valence-corrected chi connectivity index (χ4v) is 5.63. The summed E-state index contributed by atoms with van der Waals surface area (Å²) in [6.45, 7) is 11.1. The molecule has 1 amide bonds. The molecule has 0 unspecified atom stereocenters. The zero-order valence-electron chi connectivity index (χ0n) is 22.6. The number of ether oxygens (including phenoxy) is 1. The van der Waals surface area contributed by atoms with Gasteiger partial charge in [-0.3, -0.25) is 4.79 Å². The van der Waals surface area contributed by atoms with E-state index in [1.807, 2.05) is 32.6 Å². The van der Waals surface area contributed by atoms with E-state index in [0.717, 1.165) is 6.42 Å². The van der Waals surface area contributed by atoms with Crippen molar-refractivity contribution in [3.63, 3.8) is 0 Å². The van der Waals surface area contributed by atoms with Crippen molar-refractivity contribution in [1.29, 1.82) is 0 Å². The van der Waals surface area contributed by atoms with Crippen molar-refractivity contribution in [3.8, 4) is 17.1 Å². The highest BCUT2D eigenvalue weighted by atomic mass is 32.2. The number of amides is 1. The molecule has 3 heterocycles. The third-order valence-electron chi connectivity index (χ3n) is 6.30. The standard InChI is InChI=1S/C27H33FN6O4S.2H2/c1-16(2)15-38-20-10-18(9-19(28)11-20)24-30-13-21(25(32-24)34-14-17(3)12-27(34,4)5)26(35)33-39(36,37)23-8-6-7-22(29)31-23;;/h6-11,13,16-17H,12,14-15H2,1-5H3,(H2,29,31)(H,33,35);2*1H/t17-;;/m0../s1. The van der Waals surface area contributed by atoms with Gasteiger partial charge in [0.15, 0.2) is 10.9 Å². The summed E-state index contributed by atoms with van der Waals surface area (Å²) in [5.41, 5.74) is 5.56. The maximum Gasteiger partial charge on any atom is 0.281 e. The van der Waals surface area contributed by atoms with Crippen LogP contribution in [0.2, 0.25) is 0 Å².